The maximum atomic E-state index is 5.50. The molecule has 2 aromatic rings. The summed E-state index contributed by atoms with van der Waals surface area (Å²) in [6, 6.07) is 7.38. The van der Waals surface area contributed by atoms with Crippen molar-refractivity contribution in [3.63, 3.8) is 0 Å². The maximum absolute atomic E-state index is 5.50. The molecule has 0 radical (unpaired) electrons. The minimum Gasteiger partial charge on any atom is -0.497 e. The van der Waals surface area contributed by atoms with E-state index in [0.717, 1.165) is 29.5 Å². The van der Waals surface area contributed by atoms with Crippen molar-refractivity contribution in [3.8, 4) is 5.75 Å². The average molecular weight is 324 g/mol. The van der Waals surface area contributed by atoms with Crippen LogP contribution in [-0.2, 0) is 13.5 Å². The number of benzene rings is 1. The second kappa shape index (κ2) is 5.26. The van der Waals surface area contributed by atoms with Crippen LogP contribution in [0, 0.1) is 11.8 Å². The van der Waals surface area contributed by atoms with Gasteiger partial charge >= 0.3 is 0 Å². The van der Waals surface area contributed by atoms with E-state index in [0.29, 0.717) is 0 Å². The predicted molar refractivity (Wildman–Crippen MR) is 97.8 cm³/mol. The van der Waals surface area contributed by atoms with Crippen LogP contribution in [0.15, 0.2) is 18.2 Å². The Balaban J connectivity index is 1.71. The van der Waals surface area contributed by atoms with Gasteiger partial charge in [0.1, 0.15) is 5.75 Å². The van der Waals surface area contributed by atoms with E-state index in [9.17, 15) is 0 Å². The Morgan fingerprint density at radius 2 is 2.12 bits per heavy atom. The molecule has 1 aromatic heterocycles. The molecule has 6 rings (SSSR count). The number of hydrogen-bond donors (Lipinski definition) is 0. The highest BCUT2D eigenvalue weighted by atomic mass is 16.5. The zero-order chi connectivity index (χ0) is 16.4. The van der Waals surface area contributed by atoms with Crippen molar-refractivity contribution < 1.29 is 4.74 Å². The summed E-state index contributed by atoms with van der Waals surface area (Å²) in [5, 5.41) is 1.42. The first-order valence-electron chi connectivity index (χ1n) is 9.60. The molecular weight excluding hydrogens is 296 g/mol. The monoisotopic (exact) mass is 324 g/mol. The third-order valence-corrected chi connectivity index (χ3v) is 7.12. The van der Waals surface area contributed by atoms with Gasteiger partial charge in [0, 0.05) is 48.7 Å². The van der Waals surface area contributed by atoms with Gasteiger partial charge in [-0.1, -0.05) is 13.3 Å². The van der Waals surface area contributed by atoms with Crippen LogP contribution >= 0.6 is 0 Å². The molecule has 1 unspecified atom stereocenters. The van der Waals surface area contributed by atoms with Crippen molar-refractivity contribution in [2.45, 2.75) is 44.6 Å². The number of nitrogens with zero attached hydrogens (tertiary/aromatic N) is 2. The molecule has 24 heavy (non-hydrogen) atoms. The van der Waals surface area contributed by atoms with E-state index in [1.165, 1.54) is 49.7 Å². The first-order chi connectivity index (χ1) is 11.7. The van der Waals surface area contributed by atoms with Crippen LogP contribution in [0.1, 0.15) is 43.4 Å². The summed E-state index contributed by atoms with van der Waals surface area (Å²) in [4.78, 5) is 2.84. The summed E-state index contributed by atoms with van der Waals surface area (Å²) < 4.78 is 8.01. The van der Waals surface area contributed by atoms with Crippen molar-refractivity contribution in [1.82, 2.24) is 9.47 Å². The van der Waals surface area contributed by atoms with E-state index < -0.39 is 0 Å². The van der Waals surface area contributed by atoms with Crippen molar-refractivity contribution >= 4 is 10.9 Å². The van der Waals surface area contributed by atoms with E-state index in [4.69, 9.17) is 4.74 Å². The van der Waals surface area contributed by atoms with Crippen molar-refractivity contribution in [3.05, 3.63) is 29.5 Å². The Kier molecular flexibility index (Phi) is 3.25. The molecule has 1 saturated carbocycles. The van der Waals surface area contributed by atoms with Crippen LogP contribution in [0.5, 0.6) is 5.75 Å². The fraction of sp³-hybridized carbons (Fsp3) is 0.619. The molecule has 1 aromatic carbocycles. The number of hydrogen-bond acceptors (Lipinski definition) is 2. The second-order valence-corrected chi connectivity index (χ2v) is 8.15. The lowest BCUT2D eigenvalue weighted by atomic mass is 9.65. The lowest BCUT2D eigenvalue weighted by Gasteiger charge is -2.53. The van der Waals surface area contributed by atoms with E-state index in [1.54, 1.807) is 18.4 Å². The number of rotatable bonds is 2. The van der Waals surface area contributed by atoms with Gasteiger partial charge in [0.05, 0.1) is 7.11 Å². The Morgan fingerprint density at radius 3 is 2.92 bits per heavy atom. The summed E-state index contributed by atoms with van der Waals surface area (Å²) in [7, 11) is 4.05. The average Bonchev–Trinajstić information content (AvgIpc) is 2.83. The first-order valence-corrected chi connectivity index (χ1v) is 9.60. The standard InChI is InChI=1S/C21H28N2O/c1-4-14-9-13-10-18-20(14)23(12-13)8-7-16-17-11-15(24-3)5-6-19(17)22(2)21(16)18/h5-6,11,13-14,18,20H,4,7-10,12H2,1-3H3/t13-,14+,18+,20+/m0/s1. The highest BCUT2D eigenvalue weighted by Gasteiger charge is 2.49. The highest BCUT2D eigenvalue weighted by molar-refractivity contribution is 5.87. The van der Waals surface area contributed by atoms with Gasteiger partial charge in [-0.25, -0.2) is 0 Å². The Morgan fingerprint density at radius 1 is 1.25 bits per heavy atom. The molecule has 0 spiro atoms. The highest BCUT2D eigenvalue weighted by Crippen LogP contribution is 2.51. The van der Waals surface area contributed by atoms with E-state index in [1.807, 2.05) is 0 Å². The Hall–Kier alpha value is -1.48. The van der Waals surface area contributed by atoms with Crippen LogP contribution in [0.4, 0.5) is 0 Å². The second-order valence-electron chi connectivity index (χ2n) is 8.15. The summed E-state index contributed by atoms with van der Waals surface area (Å²) in [5.41, 5.74) is 4.61. The molecule has 5 atom stereocenters. The lowest BCUT2D eigenvalue weighted by Crippen LogP contribution is -2.56. The minimum absolute atomic E-state index is 0.725. The largest absolute Gasteiger partial charge is 0.497 e. The fourth-order valence-corrected chi connectivity index (χ4v) is 6.21. The molecule has 3 aliphatic heterocycles. The SMILES string of the molecule is CC[C@@H]1C[C@H]2C[C@H]3c4c(c5cc(OC)ccc5n4C)CCN(C2)[C@H]13. The molecular formula is C21H28N2O. The van der Waals surface area contributed by atoms with Gasteiger partial charge in [-0.15, -0.1) is 0 Å². The topological polar surface area (TPSA) is 17.4 Å². The van der Waals surface area contributed by atoms with Gasteiger partial charge in [0.15, 0.2) is 0 Å². The first kappa shape index (κ1) is 14.8. The third kappa shape index (κ3) is 1.88. The molecule has 4 aliphatic rings. The molecule has 1 aliphatic carbocycles. The molecule has 3 fully saturated rings. The smallest absolute Gasteiger partial charge is 0.119 e. The molecule has 2 saturated heterocycles. The molecule has 0 N–H and O–H groups in total. The predicted octanol–water partition coefficient (Wildman–Crippen LogP) is 3.95. The number of aryl methyl sites for hydroxylation is 1. The summed E-state index contributed by atoms with van der Waals surface area (Å²) in [6.45, 7) is 4.97. The molecule has 128 valence electrons. The van der Waals surface area contributed by atoms with Gasteiger partial charge in [-0.05, 0) is 54.9 Å². The van der Waals surface area contributed by atoms with Crippen LogP contribution in [0.3, 0.4) is 0 Å². The van der Waals surface area contributed by atoms with Gasteiger partial charge in [0.25, 0.3) is 0 Å². The van der Waals surface area contributed by atoms with Gasteiger partial charge in [-0.2, -0.15) is 0 Å². The Labute approximate surface area is 144 Å². The number of ether oxygens (including phenoxy) is 1. The normalized spacial score (nSPS) is 34.2. The van der Waals surface area contributed by atoms with Gasteiger partial charge in [0.2, 0.25) is 0 Å². The summed E-state index contributed by atoms with van der Waals surface area (Å²) in [6.07, 6.45) is 5.38. The summed E-state index contributed by atoms with van der Waals surface area (Å²) in [5.74, 6) is 3.50. The quantitative estimate of drug-likeness (QED) is 0.832. The van der Waals surface area contributed by atoms with Gasteiger partial charge < -0.3 is 9.30 Å². The minimum atomic E-state index is 0.725. The van der Waals surface area contributed by atoms with E-state index >= 15 is 0 Å². The zero-order valence-corrected chi connectivity index (χ0v) is 15.1. The molecule has 0 amide bonds. The van der Waals surface area contributed by atoms with Crippen LogP contribution < -0.4 is 4.74 Å². The lowest BCUT2D eigenvalue weighted by molar-refractivity contribution is -0.0140. The van der Waals surface area contributed by atoms with Crippen molar-refractivity contribution in [2.75, 3.05) is 20.2 Å². The number of aromatic nitrogens is 1. The molecule has 4 bridgehead atoms. The number of methoxy groups -OCH3 is 1. The fourth-order valence-electron chi connectivity index (χ4n) is 6.21. The van der Waals surface area contributed by atoms with Crippen LogP contribution in [0.25, 0.3) is 10.9 Å². The van der Waals surface area contributed by atoms with Crippen LogP contribution in [-0.4, -0.2) is 35.7 Å². The summed E-state index contributed by atoms with van der Waals surface area (Å²) >= 11 is 0. The maximum Gasteiger partial charge on any atom is 0.119 e. The zero-order valence-electron chi connectivity index (χ0n) is 15.1. The van der Waals surface area contributed by atoms with Gasteiger partial charge in [-0.3, -0.25) is 4.90 Å². The molecule has 3 nitrogen and oxygen atoms in total. The van der Waals surface area contributed by atoms with Crippen molar-refractivity contribution in [2.24, 2.45) is 18.9 Å². The Bertz CT molecular complexity index is 793. The van der Waals surface area contributed by atoms with E-state index in [-0.39, 0.29) is 0 Å². The van der Waals surface area contributed by atoms with Crippen molar-refractivity contribution in [1.29, 1.82) is 0 Å². The van der Waals surface area contributed by atoms with Crippen LogP contribution in [0.2, 0.25) is 0 Å². The molecule has 3 heteroatoms. The number of piperidine rings is 2. The molecule has 4 heterocycles. The number of fused-ring (bicyclic) bond motifs is 4. The van der Waals surface area contributed by atoms with E-state index in [2.05, 4.69) is 41.6 Å². The third-order valence-electron chi connectivity index (χ3n) is 7.12.